The number of benzene rings is 2. The normalized spacial score (nSPS) is 17.6. The van der Waals surface area contributed by atoms with Crippen LogP contribution in [-0.2, 0) is 16.6 Å². The van der Waals surface area contributed by atoms with Crippen LogP contribution in [-0.4, -0.2) is 46.0 Å². The van der Waals surface area contributed by atoms with Gasteiger partial charge in [0.25, 0.3) is 0 Å². The maximum Gasteiger partial charge on any atom is 0.243 e. The molecule has 5 rings (SSSR count). The van der Waals surface area contributed by atoms with E-state index in [9.17, 15) is 8.42 Å². The van der Waals surface area contributed by atoms with E-state index in [-0.39, 0.29) is 11.5 Å². The van der Waals surface area contributed by atoms with Crippen LogP contribution >= 0.6 is 0 Å². The van der Waals surface area contributed by atoms with E-state index < -0.39 is 10.0 Å². The summed E-state index contributed by atoms with van der Waals surface area (Å²) in [5.74, 6) is 0.845. The van der Waals surface area contributed by atoms with Crippen LogP contribution in [0.2, 0.25) is 0 Å². The second kappa shape index (κ2) is 8.36. The zero-order valence-corrected chi connectivity index (χ0v) is 18.4. The Bertz CT molecular complexity index is 1330. The molecule has 2 aromatic heterocycles. The van der Waals surface area contributed by atoms with Gasteiger partial charge in [-0.25, -0.2) is 13.4 Å². The number of fused-ring (bicyclic) bond motifs is 1. The SMILES string of the molecule is CC1CCCN(S(=O)(=O)c2ccc3nnn(OCc4coc(-c5ccccc5)n4)c3c2)C1. The van der Waals surface area contributed by atoms with E-state index >= 15 is 0 Å². The Labute approximate surface area is 185 Å². The minimum atomic E-state index is -3.59. The average Bonchev–Trinajstić information content (AvgIpc) is 3.45. The van der Waals surface area contributed by atoms with Crippen molar-refractivity contribution < 1.29 is 17.7 Å². The molecule has 166 valence electrons. The van der Waals surface area contributed by atoms with Crippen molar-refractivity contribution in [2.75, 3.05) is 13.1 Å². The topological polar surface area (TPSA) is 103 Å². The fourth-order valence-electron chi connectivity index (χ4n) is 3.86. The Morgan fingerprint density at radius 1 is 1.19 bits per heavy atom. The second-order valence-electron chi connectivity index (χ2n) is 8.01. The van der Waals surface area contributed by atoms with Crippen LogP contribution < -0.4 is 4.84 Å². The van der Waals surface area contributed by atoms with Crippen LogP contribution in [0.5, 0.6) is 0 Å². The highest BCUT2D eigenvalue weighted by Gasteiger charge is 2.29. The van der Waals surface area contributed by atoms with E-state index in [0.29, 0.717) is 41.6 Å². The van der Waals surface area contributed by atoms with Crippen molar-refractivity contribution in [3.05, 3.63) is 60.5 Å². The molecule has 0 saturated carbocycles. The Hall–Kier alpha value is -3.24. The van der Waals surface area contributed by atoms with E-state index in [1.165, 1.54) is 11.1 Å². The molecule has 0 N–H and O–H groups in total. The molecule has 1 atom stereocenters. The molecule has 1 aliphatic heterocycles. The summed E-state index contributed by atoms with van der Waals surface area (Å²) in [4.78, 5) is 11.6. The van der Waals surface area contributed by atoms with Gasteiger partial charge in [0.05, 0.1) is 4.90 Å². The van der Waals surface area contributed by atoms with Gasteiger partial charge in [0.1, 0.15) is 23.0 Å². The molecule has 1 fully saturated rings. The van der Waals surface area contributed by atoms with Gasteiger partial charge in [0.2, 0.25) is 15.9 Å². The minimum Gasteiger partial charge on any atom is -0.444 e. The lowest BCUT2D eigenvalue weighted by molar-refractivity contribution is 0.0730. The summed E-state index contributed by atoms with van der Waals surface area (Å²) in [6.45, 7) is 3.24. The monoisotopic (exact) mass is 453 g/mol. The fourth-order valence-corrected chi connectivity index (χ4v) is 5.48. The number of oxazole rings is 1. The third-order valence-electron chi connectivity index (χ3n) is 5.55. The van der Waals surface area contributed by atoms with E-state index in [4.69, 9.17) is 9.25 Å². The van der Waals surface area contributed by atoms with Crippen LogP contribution in [0.15, 0.2) is 64.1 Å². The Morgan fingerprint density at radius 3 is 2.84 bits per heavy atom. The summed E-state index contributed by atoms with van der Waals surface area (Å²) in [5, 5.41) is 8.07. The van der Waals surface area contributed by atoms with Crippen LogP contribution in [0.1, 0.15) is 25.5 Å². The largest absolute Gasteiger partial charge is 0.444 e. The number of sulfonamides is 1. The number of hydrogen-bond donors (Lipinski definition) is 0. The maximum atomic E-state index is 13.1. The lowest BCUT2D eigenvalue weighted by Crippen LogP contribution is -2.39. The summed E-state index contributed by atoms with van der Waals surface area (Å²) in [7, 11) is -3.59. The van der Waals surface area contributed by atoms with E-state index in [1.54, 1.807) is 22.5 Å². The van der Waals surface area contributed by atoms with Gasteiger partial charge >= 0.3 is 0 Å². The lowest BCUT2D eigenvalue weighted by Gasteiger charge is -2.30. The molecule has 1 saturated heterocycles. The third-order valence-corrected chi connectivity index (χ3v) is 7.41. The van der Waals surface area contributed by atoms with E-state index in [2.05, 4.69) is 22.2 Å². The molecule has 32 heavy (non-hydrogen) atoms. The van der Waals surface area contributed by atoms with Gasteiger partial charge in [0, 0.05) is 18.7 Å². The first-order chi connectivity index (χ1) is 15.5. The minimum absolute atomic E-state index is 0.0927. The van der Waals surface area contributed by atoms with Gasteiger partial charge < -0.3 is 9.25 Å². The molecule has 0 radical (unpaired) electrons. The molecular formula is C22H23N5O4S. The van der Waals surface area contributed by atoms with Crippen LogP contribution in [0, 0.1) is 5.92 Å². The zero-order valence-electron chi connectivity index (χ0n) is 17.6. The molecule has 10 heteroatoms. The van der Waals surface area contributed by atoms with Crippen molar-refractivity contribution >= 4 is 21.1 Å². The van der Waals surface area contributed by atoms with Gasteiger partial charge in [0.15, 0.2) is 6.61 Å². The second-order valence-corrected chi connectivity index (χ2v) is 9.94. The smallest absolute Gasteiger partial charge is 0.243 e. The molecule has 0 bridgehead atoms. The Balaban J connectivity index is 1.36. The predicted octanol–water partition coefficient (Wildman–Crippen LogP) is 3.14. The van der Waals surface area contributed by atoms with Gasteiger partial charge in [-0.2, -0.15) is 4.31 Å². The molecule has 0 amide bonds. The lowest BCUT2D eigenvalue weighted by atomic mass is 10.0. The van der Waals surface area contributed by atoms with Gasteiger partial charge in [-0.05, 0) is 54.3 Å². The third kappa shape index (κ3) is 3.98. The highest BCUT2D eigenvalue weighted by molar-refractivity contribution is 7.89. The molecule has 1 aliphatic rings. The molecular weight excluding hydrogens is 430 g/mol. The summed E-state index contributed by atoms with van der Waals surface area (Å²) in [6.07, 6.45) is 3.44. The summed E-state index contributed by atoms with van der Waals surface area (Å²) in [5.41, 5.74) is 2.47. The van der Waals surface area contributed by atoms with Crippen LogP contribution in [0.3, 0.4) is 0 Å². The van der Waals surface area contributed by atoms with Crippen LogP contribution in [0.25, 0.3) is 22.5 Å². The molecule has 0 spiro atoms. The highest BCUT2D eigenvalue weighted by Crippen LogP contribution is 2.25. The number of piperidine rings is 1. The van der Waals surface area contributed by atoms with Crippen molar-refractivity contribution in [2.24, 2.45) is 5.92 Å². The first kappa shape index (κ1) is 20.7. The number of nitrogens with zero attached hydrogens (tertiary/aromatic N) is 5. The number of aromatic nitrogens is 4. The van der Waals surface area contributed by atoms with Gasteiger partial charge in [-0.3, -0.25) is 0 Å². The summed E-state index contributed by atoms with van der Waals surface area (Å²) in [6, 6.07) is 14.3. The van der Waals surface area contributed by atoms with E-state index in [1.807, 2.05) is 30.3 Å². The predicted molar refractivity (Wildman–Crippen MR) is 117 cm³/mol. The Morgan fingerprint density at radius 2 is 2.03 bits per heavy atom. The van der Waals surface area contributed by atoms with Crippen molar-refractivity contribution in [2.45, 2.75) is 31.3 Å². The Kier molecular flexibility index (Phi) is 5.40. The first-order valence-electron chi connectivity index (χ1n) is 10.5. The molecule has 0 aliphatic carbocycles. The average molecular weight is 454 g/mol. The standard InChI is InChI=1S/C22H23N5O4S/c1-16-6-5-11-26(13-16)32(28,29)19-9-10-20-21(12-19)27(25-24-20)31-15-18-14-30-22(23-18)17-7-3-2-4-8-17/h2-4,7-10,12,14,16H,5-6,11,13,15H2,1H3. The molecule has 3 heterocycles. The highest BCUT2D eigenvalue weighted by atomic mass is 32.2. The van der Waals surface area contributed by atoms with Crippen molar-refractivity contribution in [3.63, 3.8) is 0 Å². The maximum absolute atomic E-state index is 13.1. The van der Waals surface area contributed by atoms with E-state index in [0.717, 1.165) is 18.4 Å². The molecule has 9 nitrogen and oxygen atoms in total. The van der Waals surface area contributed by atoms with Gasteiger partial charge in [-0.15, -0.1) is 5.10 Å². The molecule has 1 unspecified atom stereocenters. The van der Waals surface area contributed by atoms with Crippen LogP contribution in [0.4, 0.5) is 0 Å². The summed E-state index contributed by atoms with van der Waals surface area (Å²) >= 11 is 0. The first-order valence-corrected chi connectivity index (χ1v) is 11.9. The van der Waals surface area contributed by atoms with Crippen molar-refractivity contribution in [1.29, 1.82) is 0 Å². The molecule has 4 aromatic rings. The zero-order chi connectivity index (χ0) is 22.1. The fraction of sp³-hybridized carbons (Fsp3) is 0.318. The number of hydrogen-bond acceptors (Lipinski definition) is 7. The number of rotatable bonds is 6. The quantitative estimate of drug-likeness (QED) is 0.442. The van der Waals surface area contributed by atoms with Crippen molar-refractivity contribution in [3.8, 4) is 11.5 Å². The van der Waals surface area contributed by atoms with Gasteiger partial charge in [-0.1, -0.05) is 30.0 Å². The summed E-state index contributed by atoms with van der Waals surface area (Å²) < 4.78 is 33.4. The molecule has 2 aromatic carbocycles. The van der Waals surface area contributed by atoms with Crippen molar-refractivity contribution in [1.82, 2.24) is 24.4 Å².